The zero-order valence-electron chi connectivity index (χ0n) is 11.0. The van der Waals surface area contributed by atoms with E-state index in [1.807, 2.05) is 0 Å². The lowest BCUT2D eigenvalue weighted by Gasteiger charge is -2.32. The number of morpholine rings is 1. The molecule has 0 aromatic heterocycles. The number of ether oxygens (including phenoxy) is 1. The van der Waals surface area contributed by atoms with Crippen LogP contribution in [0.5, 0.6) is 0 Å². The average Bonchev–Trinajstić information content (AvgIpc) is 2.48. The Labute approximate surface area is 125 Å². The fraction of sp³-hybridized carbons (Fsp3) is 0.385. The van der Waals surface area contributed by atoms with Gasteiger partial charge in [-0.3, -0.25) is 0 Å². The van der Waals surface area contributed by atoms with Crippen molar-refractivity contribution in [3.05, 3.63) is 34.6 Å². The van der Waals surface area contributed by atoms with Gasteiger partial charge in [0.15, 0.2) is 6.04 Å². The van der Waals surface area contributed by atoms with Crippen molar-refractivity contribution in [2.45, 2.75) is 12.6 Å². The number of hydrogen-bond donors (Lipinski definition) is 2. The first-order valence-electron chi connectivity index (χ1n) is 6.28. The second kappa shape index (κ2) is 6.73. The SMILES string of the molecule is O=C(O)C1COCCN1C(=O)NCc1ccc(F)c(Cl)c1. The van der Waals surface area contributed by atoms with E-state index in [1.165, 1.54) is 23.1 Å². The Balaban J connectivity index is 1.96. The van der Waals surface area contributed by atoms with E-state index >= 15 is 0 Å². The summed E-state index contributed by atoms with van der Waals surface area (Å²) in [6.45, 7) is 0.584. The molecule has 1 heterocycles. The Hall–Kier alpha value is -1.86. The van der Waals surface area contributed by atoms with Gasteiger partial charge in [-0.05, 0) is 17.7 Å². The van der Waals surface area contributed by atoms with Crippen LogP contribution in [0, 0.1) is 5.82 Å². The van der Waals surface area contributed by atoms with Gasteiger partial charge in [-0.2, -0.15) is 0 Å². The fourth-order valence-corrected chi connectivity index (χ4v) is 2.18. The third kappa shape index (κ3) is 3.83. The first-order chi connectivity index (χ1) is 9.99. The van der Waals surface area contributed by atoms with Crippen molar-refractivity contribution in [1.82, 2.24) is 10.2 Å². The zero-order chi connectivity index (χ0) is 15.4. The monoisotopic (exact) mass is 316 g/mol. The molecule has 1 fully saturated rings. The van der Waals surface area contributed by atoms with Gasteiger partial charge in [0, 0.05) is 13.1 Å². The number of aliphatic carboxylic acids is 1. The quantitative estimate of drug-likeness (QED) is 0.885. The number of hydrogen-bond acceptors (Lipinski definition) is 3. The van der Waals surface area contributed by atoms with Crippen LogP contribution in [-0.2, 0) is 16.1 Å². The molecule has 21 heavy (non-hydrogen) atoms. The zero-order valence-corrected chi connectivity index (χ0v) is 11.8. The van der Waals surface area contributed by atoms with E-state index < -0.39 is 23.9 Å². The smallest absolute Gasteiger partial charge is 0.328 e. The van der Waals surface area contributed by atoms with E-state index in [9.17, 15) is 14.0 Å². The average molecular weight is 317 g/mol. The van der Waals surface area contributed by atoms with Gasteiger partial charge in [-0.15, -0.1) is 0 Å². The second-order valence-corrected chi connectivity index (χ2v) is 4.94. The van der Waals surface area contributed by atoms with Crippen molar-refractivity contribution < 1.29 is 23.8 Å². The number of carbonyl (C=O) groups excluding carboxylic acids is 1. The van der Waals surface area contributed by atoms with Gasteiger partial charge in [-0.25, -0.2) is 14.0 Å². The normalized spacial score (nSPS) is 18.4. The molecular formula is C13H14ClFN2O4. The first kappa shape index (κ1) is 15.5. The molecule has 1 saturated heterocycles. The van der Waals surface area contributed by atoms with Crippen molar-refractivity contribution >= 4 is 23.6 Å². The van der Waals surface area contributed by atoms with Crippen molar-refractivity contribution in [3.8, 4) is 0 Å². The Morgan fingerprint density at radius 3 is 2.95 bits per heavy atom. The molecule has 2 N–H and O–H groups in total. The number of amides is 2. The molecule has 0 spiro atoms. The van der Waals surface area contributed by atoms with Crippen molar-refractivity contribution in [1.29, 1.82) is 0 Å². The van der Waals surface area contributed by atoms with Crippen LogP contribution in [0.15, 0.2) is 18.2 Å². The summed E-state index contributed by atoms with van der Waals surface area (Å²) in [5, 5.41) is 11.6. The molecule has 0 radical (unpaired) electrons. The van der Waals surface area contributed by atoms with Gasteiger partial charge in [-0.1, -0.05) is 17.7 Å². The number of carbonyl (C=O) groups is 2. The van der Waals surface area contributed by atoms with Gasteiger partial charge in [0.1, 0.15) is 5.82 Å². The van der Waals surface area contributed by atoms with Crippen LogP contribution in [0.4, 0.5) is 9.18 Å². The van der Waals surface area contributed by atoms with Crippen molar-refractivity contribution in [3.63, 3.8) is 0 Å². The van der Waals surface area contributed by atoms with E-state index in [0.717, 1.165) is 0 Å². The van der Waals surface area contributed by atoms with Crippen LogP contribution in [0.2, 0.25) is 5.02 Å². The highest BCUT2D eigenvalue weighted by atomic mass is 35.5. The highest BCUT2D eigenvalue weighted by molar-refractivity contribution is 6.30. The number of carboxylic acid groups (broad SMARTS) is 1. The Bertz CT molecular complexity index is 555. The van der Waals surface area contributed by atoms with Crippen LogP contribution in [0.3, 0.4) is 0 Å². The molecular weight excluding hydrogens is 303 g/mol. The first-order valence-corrected chi connectivity index (χ1v) is 6.66. The maximum absolute atomic E-state index is 13.0. The van der Waals surface area contributed by atoms with Crippen LogP contribution < -0.4 is 5.32 Å². The number of urea groups is 1. The fourth-order valence-electron chi connectivity index (χ4n) is 1.98. The Kier molecular flexibility index (Phi) is 4.98. The van der Waals surface area contributed by atoms with Crippen LogP contribution in [-0.4, -0.2) is 47.8 Å². The van der Waals surface area contributed by atoms with Crippen LogP contribution in [0.1, 0.15) is 5.56 Å². The molecule has 0 aliphatic carbocycles. The molecule has 1 aromatic rings. The molecule has 1 aliphatic rings. The van der Waals surface area contributed by atoms with Crippen molar-refractivity contribution in [2.75, 3.05) is 19.8 Å². The van der Waals surface area contributed by atoms with E-state index in [4.69, 9.17) is 21.4 Å². The lowest BCUT2D eigenvalue weighted by molar-refractivity contribution is -0.147. The summed E-state index contributed by atoms with van der Waals surface area (Å²) in [5.41, 5.74) is 0.620. The summed E-state index contributed by atoms with van der Waals surface area (Å²) in [6.07, 6.45) is 0. The number of rotatable bonds is 3. The third-order valence-corrected chi connectivity index (χ3v) is 3.39. The lowest BCUT2D eigenvalue weighted by atomic mass is 10.2. The van der Waals surface area contributed by atoms with Gasteiger partial charge >= 0.3 is 12.0 Å². The Morgan fingerprint density at radius 2 is 2.29 bits per heavy atom. The van der Waals surface area contributed by atoms with E-state index in [1.54, 1.807) is 0 Å². The maximum atomic E-state index is 13.0. The molecule has 1 atom stereocenters. The summed E-state index contributed by atoms with van der Waals surface area (Å²) >= 11 is 5.65. The minimum Gasteiger partial charge on any atom is -0.480 e. The van der Waals surface area contributed by atoms with Gasteiger partial charge in [0.05, 0.1) is 18.2 Å². The summed E-state index contributed by atoms with van der Waals surface area (Å²) in [4.78, 5) is 24.3. The van der Waals surface area contributed by atoms with Gasteiger partial charge in [0.25, 0.3) is 0 Å². The number of nitrogens with zero attached hydrogens (tertiary/aromatic N) is 1. The van der Waals surface area contributed by atoms with Crippen LogP contribution in [0.25, 0.3) is 0 Å². The number of benzene rings is 1. The molecule has 1 aliphatic heterocycles. The summed E-state index contributed by atoms with van der Waals surface area (Å²) < 4.78 is 18.1. The molecule has 6 nitrogen and oxygen atoms in total. The third-order valence-electron chi connectivity index (χ3n) is 3.10. The lowest BCUT2D eigenvalue weighted by Crippen LogP contribution is -2.55. The molecule has 0 bridgehead atoms. The number of halogens is 2. The van der Waals surface area contributed by atoms with Crippen molar-refractivity contribution in [2.24, 2.45) is 0 Å². The number of carboxylic acids is 1. The van der Waals surface area contributed by atoms with Crippen LogP contribution >= 0.6 is 11.6 Å². The minimum absolute atomic E-state index is 0.0310. The number of nitrogens with one attached hydrogen (secondary N) is 1. The van der Waals surface area contributed by atoms with Gasteiger partial charge in [0.2, 0.25) is 0 Å². The predicted octanol–water partition coefficient (Wildman–Crippen LogP) is 1.47. The predicted molar refractivity (Wildman–Crippen MR) is 72.6 cm³/mol. The molecule has 0 saturated carbocycles. The van der Waals surface area contributed by atoms with E-state index in [-0.39, 0.29) is 24.7 Å². The Morgan fingerprint density at radius 1 is 1.52 bits per heavy atom. The van der Waals surface area contributed by atoms with Gasteiger partial charge < -0.3 is 20.1 Å². The highest BCUT2D eigenvalue weighted by Crippen LogP contribution is 2.16. The molecule has 114 valence electrons. The second-order valence-electron chi connectivity index (χ2n) is 4.53. The highest BCUT2D eigenvalue weighted by Gasteiger charge is 2.32. The topological polar surface area (TPSA) is 78.9 Å². The molecule has 2 amide bonds. The molecule has 2 rings (SSSR count). The maximum Gasteiger partial charge on any atom is 0.328 e. The summed E-state index contributed by atoms with van der Waals surface area (Å²) in [6, 6.07) is 2.60. The standard InChI is InChI=1S/C13H14ClFN2O4/c14-9-5-8(1-2-10(9)15)6-16-13(20)17-3-4-21-7-11(17)12(18)19/h1-2,5,11H,3-4,6-7H2,(H,16,20)(H,18,19). The largest absolute Gasteiger partial charge is 0.480 e. The summed E-state index contributed by atoms with van der Waals surface area (Å²) in [5.74, 6) is -1.65. The molecule has 1 unspecified atom stereocenters. The molecule has 1 aromatic carbocycles. The molecule has 8 heteroatoms. The summed E-state index contributed by atoms with van der Waals surface area (Å²) in [7, 11) is 0. The van der Waals surface area contributed by atoms with E-state index in [0.29, 0.717) is 12.2 Å². The minimum atomic E-state index is -1.12. The van der Waals surface area contributed by atoms with E-state index in [2.05, 4.69) is 5.32 Å².